The number of thiophene rings is 1. The van der Waals surface area contributed by atoms with Gasteiger partial charge in [-0.3, -0.25) is 0 Å². The average molecular weight is 301 g/mol. The third-order valence-corrected chi connectivity index (χ3v) is 3.81. The van der Waals surface area contributed by atoms with Crippen LogP contribution >= 0.6 is 27.3 Å². The Kier molecular flexibility index (Phi) is 3.07. The molecule has 0 aliphatic carbocycles. The standard InChI is InChI=1S/C11H6BrFO2S/c12-8-2-1-6(13)5-7(8)9-3-4-10(16-9)11(14)15/h1-5H,(H,14,15). The number of benzene rings is 1. The van der Waals surface area contributed by atoms with E-state index >= 15 is 0 Å². The van der Waals surface area contributed by atoms with Gasteiger partial charge in [-0.25, -0.2) is 9.18 Å². The van der Waals surface area contributed by atoms with Crippen LogP contribution in [0.2, 0.25) is 0 Å². The smallest absolute Gasteiger partial charge is 0.345 e. The van der Waals surface area contributed by atoms with Crippen molar-refractivity contribution in [2.75, 3.05) is 0 Å². The monoisotopic (exact) mass is 300 g/mol. The van der Waals surface area contributed by atoms with Crippen LogP contribution in [0.4, 0.5) is 4.39 Å². The molecule has 1 aromatic carbocycles. The van der Waals surface area contributed by atoms with Crippen molar-refractivity contribution >= 4 is 33.2 Å². The highest BCUT2D eigenvalue weighted by Crippen LogP contribution is 2.34. The lowest BCUT2D eigenvalue weighted by molar-refractivity contribution is 0.0702. The summed E-state index contributed by atoms with van der Waals surface area (Å²) in [6, 6.07) is 7.51. The minimum atomic E-state index is -0.969. The highest BCUT2D eigenvalue weighted by atomic mass is 79.9. The highest BCUT2D eigenvalue weighted by molar-refractivity contribution is 9.10. The maximum Gasteiger partial charge on any atom is 0.345 e. The number of aromatic carboxylic acids is 1. The van der Waals surface area contributed by atoms with Crippen molar-refractivity contribution in [3.8, 4) is 10.4 Å². The van der Waals surface area contributed by atoms with Crippen molar-refractivity contribution < 1.29 is 14.3 Å². The second kappa shape index (κ2) is 4.35. The summed E-state index contributed by atoms with van der Waals surface area (Å²) in [4.78, 5) is 11.7. The van der Waals surface area contributed by atoms with Gasteiger partial charge in [0.05, 0.1) is 0 Å². The summed E-state index contributed by atoms with van der Waals surface area (Å²) in [5.41, 5.74) is 0.664. The second-order valence-electron chi connectivity index (χ2n) is 3.09. The van der Waals surface area contributed by atoms with Crippen molar-refractivity contribution in [2.24, 2.45) is 0 Å². The van der Waals surface area contributed by atoms with Gasteiger partial charge in [0.1, 0.15) is 10.7 Å². The Hall–Kier alpha value is -1.20. The molecule has 0 amide bonds. The van der Waals surface area contributed by atoms with E-state index in [-0.39, 0.29) is 10.7 Å². The summed E-state index contributed by atoms with van der Waals surface area (Å²) in [7, 11) is 0. The maximum atomic E-state index is 13.1. The van der Waals surface area contributed by atoms with E-state index in [0.717, 1.165) is 20.7 Å². The number of halogens is 2. The molecule has 0 saturated carbocycles. The number of carbonyl (C=O) groups is 1. The molecule has 0 aliphatic heterocycles. The quantitative estimate of drug-likeness (QED) is 0.910. The summed E-state index contributed by atoms with van der Waals surface area (Å²) in [5.74, 6) is -1.31. The molecule has 0 spiro atoms. The number of carboxylic acid groups (broad SMARTS) is 1. The van der Waals surface area contributed by atoms with E-state index in [1.807, 2.05) is 0 Å². The van der Waals surface area contributed by atoms with Crippen LogP contribution in [0.5, 0.6) is 0 Å². The van der Waals surface area contributed by atoms with Crippen LogP contribution in [0.25, 0.3) is 10.4 Å². The first-order valence-corrected chi connectivity index (χ1v) is 5.97. The predicted octanol–water partition coefficient (Wildman–Crippen LogP) is 4.01. The minimum Gasteiger partial charge on any atom is -0.477 e. The van der Waals surface area contributed by atoms with Gasteiger partial charge in [0.25, 0.3) is 0 Å². The number of rotatable bonds is 2. The molecule has 16 heavy (non-hydrogen) atoms. The topological polar surface area (TPSA) is 37.3 Å². The van der Waals surface area contributed by atoms with Gasteiger partial charge in [0.15, 0.2) is 0 Å². The lowest BCUT2D eigenvalue weighted by Crippen LogP contribution is -1.89. The second-order valence-corrected chi connectivity index (χ2v) is 5.03. The lowest BCUT2D eigenvalue weighted by Gasteiger charge is -2.00. The molecule has 2 aromatic rings. The van der Waals surface area contributed by atoms with Crippen LogP contribution in [0, 0.1) is 5.82 Å². The van der Waals surface area contributed by atoms with Gasteiger partial charge >= 0.3 is 5.97 Å². The number of hydrogen-bond acceptors (Lipinski definition) is 2. The molecule has 0 fully saturated rings. The zero-order chi connectivity index (χ0) is 11.7. The van der Waals surface area contributed by atoms with Crippen molar-refractivity contribution in [3.05, 3.63) is 45.5 Å². The van der Waals surface area contributed by atoms with E-state index in [9.17, 15) is 9.18 Å². The molecular weight excluding hydrogens is 295 g/mol. The fourth-order valence-corrected chi connectivity index (χ4v) is 2.75. The summed E-state index contributed by atoms with van der Waals surface area (Å²) in [6.45, 7) is 0. The Bertz CT molecular complexity index is 551. The molecule has 5 heteroatoms. The van der Waals surface area contributed by atoms with Crippen LogP contribution < -0.4 is 0 Å². The SMILES string of the molecule is O=C(O)c1ccc(-c2cc(F)ccc2Br)s1. The molecule has 0 atom stereocenters. The molecule has 2 nitrogen and oxygen atoms in total. The maximum absolute atomic E-state index is 13.1. The van der Waals surface area contributed by atoms with E-state index in [1.54, 1.807) is 12.1 Å². The Morgan fingerprint density at radius 2 is 2.06 bits per heavy atom. The summed E-state index contributed by atoms with van der Waals surface area (Å²) >= 11 is 4.43. The van der Waals surface area contributed by atoms with Crippen LogP contribution in [0.3, 0.4) is 0 Å². The first-order valence-electron chi connectivity index (χ1n) is 4.36. The Morgan fingerprint density at radius 3 is 2.69 bits per heavy atom. The van der Waals surface area contributed by atoms with Crippen LogP contribution in [0.15, 0.2) is 34.8 Å². The van der Waals surface area contributed by atoms with Crippen LogP contribution in [0.1, 0.15) is 9.67 Å². The van der Waals surface area contributed by atoms with Crippen molar-refractivity contribution in [3.63, 3.8) is 0 Å². The summed E-state index contributed by atoms with van der Waals surface area (Å²) in [5, 5.41) is 8.79. The Balaban J connectivity index is 2.50. The third-order valence-electron chi connectivity index (χ3n) is 2.01. The van der Waals surface area contributed by atoms with Gasteiger partial charge in [-0.15, -0.1) is 11.3 Å². The largest absolute Gasteiger partial charge is 0.477 e. The molecule has 1 N–H and O–H groups in total. The molecule has 1 heterocycles. The lowest BCUT2D eigenvalue weighted by atomic mass is 10.2. The van der Waals surface area contributed by atoms with E-state index in [4.69, 9.17) is 5.11 Å². The zero-order valence-corrected chi connectivity index (χ0v) is 10.3. The van der Waals surface area contributed by atoms with Gasteiger partial charge in [0.2, 0.25) is 0 Å². The van der Waals surface area contributed by atoms with E-state index in [1.165, 1.54) is 18.2 Å². The minimum absolute atomic E-state index is 0.242. The molecule has 0 aliphatic rings. The first-order chi connectivity index (χ1) is 7.58. The Labute approximate surface area is 103 Å². The van der Waals surface area contributed by atoms with Gasteiger partial charge in [-0.05, 0) is 30.3 Å². The fraction of sp³-hybridized carbons (Fsp3) is 0. The molecule has 2 rings (SSSR count). The van der Waals surface area contributed by atoms with Gasteiger partial charge < -0.3 is 5.11 Å². The molecule has 82 valence electrons. The first kappa shape index (κ1) is 11.3. The van der Waals surface area contributed by atoms with Gasteiger partial charge in [-0.2, -0.15) is 0 Å². The molecule has 1 aromatic heterocycles. The van der Waals surface area contributed by atoms with Gasteiger partial charge in [-0.1, -0.05) is 15.9 Å². The van der Waals surface area contributed by atoms with Crippen molar-refractivity contribution in [1.29, 1.82) is 0 Å². The van der Waals surface area contributed by atoms with E-state index in [0.29, 0.717) is 5.56 Å². The fourth-order valence-electron chi connectivity index (χ4n) is 1.28. The van der Waals surface area contributed by atoms with Gasteiger partial charge in [0, 0.05) is 14.9 Å². The van der Waals surface area contributed by atoms with Crippen molar-refractivity contribution in [2.45, 2.75) is 0 Å². The number of hydrogen-bond donors (Lipinski definition) is 1. The average Bonchev–Trinajstić information content (AvgIpc) is 2.70. The molecule has 0 saturated heterocycles. The number of carboxylic acids is 1. The summed E-state index contributed by atoms with van der Waals surface area (Å²) in [6.07, 6.45) is 0. The normalized spacial score (nSPS) is 10.4. The van der Waals surface area contributed by atoms with E-state index < -0.39 is 5.97 Å². The molecule has 0 unspecified atom stereocenters. The molecule has 0 bridgehead atoms. The highest BCUT2D eigenvalue weighted by Gasteiger charge is 2.11. The molecular formula is C11H6BrFO2S. The zero-order valence-electron chi connectivity index (χ0n) is 7.91. The van der Waals surface area contributed by atoms with Crippen LogP contribution in [-0.2, 0) is 0 Å². The third kappa shape index (κ3) is 2.15. The molecule has 0 radical (unpaired) electrons. The summed E-state index contributed by atoms with van der Waals surface area (Å²) < 4.78 is 13.8. The van der Waals surface area contributed by atoms with E-state index in [2.05, 4.69) is 15.9 Å². The van der Waals surface area contributed by atoms with Crippen molar-refractivity contribution in [1.82, 2.24) is 0 Å². The Morgan fingerprint density at radius 1 is 1.31 bits per heavy atom. The van der Waals surface area contributed by atoms with Crippen LogP contribution in [-0.4, -0.2) is 11.1 Å². The predicted molar refractivity (Wildman–Crippen MR) is 64.4 cm³/mol.